The van der Waals surface area contributed by atoms with Crippen LogP contribution in [0.4, 0.5) is 13.2 Å². The van der Waals surface area contributed by atoms with Crippen molar-refractivity contribution in [1.29, 1.82) is 0 Å². The summed E-state index contributed by atoms with van der Waals surface area (Å²) in [6.45, 7) is -0.174. The Kier molecular flexibility index (Phi) is 4.43. The summed E-state index contributed by atoms with van der Waals surface area (Å²) in [6, 6.07) is 0. The number of aromatic nitrogens is 2. The number of H-pyrrole nitrogens is 1. The third-order valence-corrected chi connectivity index (χ3v) is 2.23. The first-order valence-corrected chi connectivity index (χ1v) is 4.94. The Morgan fingerprint density at radius 1 is 1.50 bits per heavy atom. The van der Waals surface area contributed by atoms with Crippen molar-refractivity contribution in [3.05, 3.63) is 27.9 Å². The number of nitrogens with zero attached hydrogens (tertiary/aromatic N) is 1. The Bertz CT molecular complexity index is 460. The third kappa shape index (κ3) is 3.06. The van der Waals surface area contributed by atoms with Crippen LogP contribution in [0.3, 0.4) is 0 Å². The van der Waals surface area contributed by atoms with Gasteiger partial charge in [0, 0.05) is 6.54 Å². The molecule has 1 aromatic heterocycles. The fourth-order valence-electron chi connectivity index (χ4n) is 1.42. The first-order chi connectivity index (χ1) is 8.29. The number of alkyl halides is 3. The van der Waals surface area contributed by atoms with E-state index in [9.17, 15) is 28.2 Å². The number of aliphatic hydroxyl groups is 2. The number of aromatic amines is 1. The molecule has 2 unspecified atom stereocenters. The molecular formula is C9H12F3N3O3. The fraction of sp³-hybridized carbons (Fsp3) is 0.556. The zero-order chi connectivity index (χ0) is 13.9. The largest absolute Gasteiger partial charge is 0.433 e. The van der Waals surface area contributed by atoms with Gasteiger partial charge < -0.3 is 20.5 Å². The Morgan fingerprint density at radius 3 is 2.61 bits per heavy atom. The molecule has 6 nitrogen and oxygen atoms in total. The van der Waals surface area contributed by atoms with Crippen molar-refractivity contribution < 1.29 is 23.4 Å². The van der Waals surface area contributed by atoms with Gasteiger partial charge in [0.05, 0.1) is 18.0 Å². The van der Waals surface area contributed by atoms with E-state index in [-0.39, 0.29) is 6.54 Å². The molecule has 2 atom stereocenters. The van der Waals surface area contributed by atoms with Crippen molar-refractivity contribution in [1.82, 2.24) is 15.3 Å². The third-order valence-electron chi connectivity index (χ3n) is 2.23. The molecule has 0 saturated heterocycles. The van der Waals surface area contributed by atoms with Crippen molar-refractivity contribution in [3.63, 3.8) is 0 Å². The standard InChI is InChI=1S/C9H12F3N3O3/c1-13-2-4(16)6(17)5-7(9(10,11)12)14-3-15-8(5)18/h3-4,6,13,16-17H,2H2,1H3,(H,14,15,18). The maximum atomic E-state index is 12.6. The van der Waals surface area contributed by atoms with Crippen LogP contribution in [0, 0.1) is 0 Å². The highest BCUT2D eigenvalue weighted by Gasteiger charge is 2.39. The molecule has 0 aliphatic carbocycles. The summed E-state index contributed by atoms with van der Waals surface area (Å²) < 4.78 is 37.8. The van der Waals surface area contributed by atoms with Crippen LogP contribution in [0.2, 0.25) is 0 Å². The minimum absolute atomic E-state index is 0.174. The SMILES string of the molecule is CNCC(O)C(O)c1c(C(F)(F)F)nc[nH]c1=O. The van der Waals surface area contributed by atoms with E-state index in [1.807, 2.05) is 4.98 Å². The van der Waals surface area contributed by atoms with E-state index in [2.05, 4.69) is 10.3 Å². The van der Waals surface area contributed by atoms with Crippen LogP contribution in [0.1, 0.15) is 17.4 Å². The molecule has 1 rings (SSSR count). The Labute approximate surface area is 99.5 Å². The van der Waals surface area contributed by atoms with Crippen LogP contribution in [0.5, 0.6) is 0 Å². The van der Waals surface area contributed by atoms with Gasteiger partial charge in [0.25, 0.3) is 5.56 Å². The molecule has 0 spiro atoms. The van der Waals surface area contributed by atoms with E-state index >= 15 is 0 Å². The quantitative estimate of drug-likeness (QED) is 0.584. The molecular weight excluding hydrogens is 255 g/mol. The summed E-state index contributed by atoms with van der Waals surface area (Å²) in [5, 5.41) is 21.5. The number of likely N-dealkylation sites (N-methyl/N-ethyl adjacent to an activating group) is 1. The lowest BCUT2D eigenvalue weighted by Gasteiger charge is -2.19. The lowest BCUT2D eigenvalue weighted by molar-refractivity contribution is -0.143. The van der Waals surface area contributed by atoms with E-state index in [0.29, 0.717) is 6.33 Å². The van der Waals surface area contributed by atoms with E-state index in [1.54, 1.807) is 0 Å². The molecule has 102 valence electrons. The van der Waals surface area contributed by atoms with Gasteiger partial charge >= 0.3 is 6.18 Å². The normalized spacial score (nSPS) is 15.4. The average Bonchev–Trinajstić information content (AvgIpc) is 2.27. The maximum absolute atomic E-state index is 12.6. The number of hydrogen-bond donors (Lipinski definition) is 4. The van der Waals surface area contributed by atoms with Crippen molar-refractivity contribution in [3.8, 4) is 0 Å². The maximum Gasteiger partial charge on any atom is 0.433 e. The minimum atomic E-state index is -4.88. The van der Waals surface area contributed by atoms with Crippen LogP contribution in [-0.4, -0.2) is 39.9 Å². The lowest BCUT2D eigenvalue weighted by Crippen LogP contribution is -2.35. The van der Waals surface area contributed by atoms with Gasteiger partial charge in [-0.25, -0.2) is 4.98 Å². The van der Waals surface area contributed by atoms with Crippen LogP contribution in [-0.2, 0) is 6.18 Å². The van der Waals surface area contributed by atoms with Gasteiger partial charge in [-0.1, -0.05) is 0 Å². The van der Waals surface area contributed by atoms with Crippen LogP contribution < -0.4 is 10.9 Å². The molecule has 0 aromatic carbocycles. The molecule has 0 radical (unpaired) electrons. The minimum Gasteiger partial charge on any atom is -0.389 e. The second-order valence-electron chi connectivity index (χ2n) is 3.56. The predicted octanol–water partition coefficient (Wildman–Crippen LogP) is -0.598. The number of rotatable bonds is 4. The topological polar surface area (TPSA) is 98.2 Å². The monoisotopic (exact) mass is 267 g/mol. The predicted molar refractivity (Wildman–Crippen MR) is 54.8 cm³/mol. The van der Waals surface area contributed by atoms with Crippen LogP contribution in [0.25, 0.3) is 0 Å². The van der Waals surface area contributed by atoms with E-state index in [1.165, 1.54) is 7.05 Å². The highest BCUT2D eigenvalue weighted by Crippen LogP contribution is 2.31. The van der Waals surface area contributed by atoms with Crippen molar-refractivity contribution in [2.24, 2.45) is 0 Å². The van der Waals surface area contributed by atoms with Gasteiger partial charge in [0.1, 0.15) is 6.10 Å². The van der Waals surface area contributed by atoms with Gasteiger partial charge in [-0.2, -0.15) is 13.2 Å². The van der Waals surface area contributed by atoms with Crippen LogP contribution >= 0.6 is 0 Å². The smallest absolute Gasteiger partial charge is 0.389 e. The summed E-state index contributed by atoms with van der Waals surface area (Å²) in [4.78, 5) is 16.3. The zero-order valence-electron chi connectivity index (χ0n) is 9.32. The van der Waals surface area contributed by atoms with Crippen LogP contribution in [0.15, 0.2) is 11.1 Å². The van der Waals surface area contributed by atoms with E-state index in [4.69, 9.17) is 0 Å². The lowest BCUT2D eigenvalue weighted by atomic mass is 10.0. The summed E-state index contributed by atoms with van der Waals surface area (Å²) in [5.74, 6) is 0. The second kappa shape index (κ2) is 5.46. The summed E-state index contributed by atoms with van der Waals surface area (Å²) >= 11 is 0. The number of nitrogens with one attached hydrogen (secondary N) is 2. The van der Waals surface area contributed by atoms with E-state index in [0.717, 1.165) is 0 Å². The summed E-state index contributed by atoms with van der Waals surface area (Å²) in [5.41, 5.74) is -3.64. The van der Waals surface area contributed by atoms with Gasteiger partial charge in [0.15, 0.2) is 5.69 Å². The highest BCUT2D eigenvalue weighted by atomic mass is 19.4. The number of halogens is 3. The summed E-state index contributed by atoms with van der Waals surface area (Å²) in [6.07, 6.45) is -7.83. The molecule has 0 aliphatic heterocycles. The molecule has 4 N–H and O–H groups in total. The van der Waals surface area contributed by atoms with E-state index < -0.39 is 35.2 Å². The Morgan fingerprint density at radius 2 is 2.11 bits per heavy atom. The molecule has 18 heavy (non-hydrogen) atoms. The molecule has 1 heterocycles. The van der Waals surface area contributed by atoms with Gasteiger partial charge in [-0.3, -0.25) is 4.79 Å². The molecule has 0 fully saturated rings. The van der Waals surface area contributed by atoms with Gasteiger partial charge in [0.2, 0.25) is 0 Å². The molecule has 9 heteroatoms. The molecule has 1 aromatic rings. The summed E-state index contributed by atoms with van der Waals surface area (Å²) in [7, 11) is 1.44. The second-order valence-corrected chi connectivity index (χ2v) is 3.56. The van der Waals surface area contributed by atoms with Gasteiger partial charge in [-0.05, 0) is 7.05 Å². The van der Waals surface area contributed by atoms with Crippen molar-refractivity contribution >= 4 is 0 Å². The van der Waals surface area contributed by atoms with Gasteiger partial charge in [-0.15, -0.1) is 0 Å². The van der Waals surface area contributed by atoms with Crippen molar-refractivity contribution in [2.45, 2.75) is 18.4 Å². The molecule has 0 amide bonds. The fourth-order valence-corrected chi connectivity index (χ4v) is 1.42. The Hall–Kier alpha value is -1.45. The molecule has 0 bridgehead atoms. The zero-order valence-corrected chi connectivity index (χ0v) is 9.32. The first-order valence-electron chi connectivity index (χ1n) is 4.94. The molecule has 0 aliphatic rings. The Balaban J connectivity index is 3.26. The van der Waals surface area contributed by atoms with Crippen molar-refractivity contribution in [2.75, 3.05) is 13.6 Å². The highest BCUT2D eigenvalue weighted by molar-refractivity contribution is 5.22. The first kappa shape index (κ1) is 14.6. The average molecular weight is 267 g/mol. The number of hydrogen-bond acceptors (Lipinski definition) is 5. The molecule has 0 saturated carbocycles. The number of aliphatic hydroxyl groups excluding tert-OH is 2.